The highest BCUT2D eigenvalue weighted by Crippen LogP contribution is 2.30. The number of amides is 1. The average Bonchev–Trinajstić information content (AvgIpc) is 3.34. The molecule has 1 saturated heterocycles. The van der Waals surface area contributed by atoms with Crippen LogP contribution in [0, 0.1) is 0 Å². The molecule has 3 aromatic rings. The van der Waals surface area contributed by atoms with Gasteiger partial charge in [0, 0.05) is 37.2 Å². The maximum atomic E-state index is 12.8. The zero-order valence-corrected chi connectivity index (χ0v) is 16.1. The van der Waals surface area contributed by atoms with E-state index in [2.05, 4.69) is 4.90 Å². The van der Waals surface area contributed by atoms with Crippen LogP contribution in [-0.2, 0) is 17.7 Å². The van der Waals surface area contributed by atoms with Crippen molar-refractivity contribution < 1.29 is 13.9 Å². The molecule has 0 bridgehead atoms. The third-order valence-corrected chi connectivity index (χ3v) is 5.40. The standard InChI is InChI=1S/C22H22N4O3/c27-22(19-7-4-12-29-19)26-9-8-18-17(15-26)21(25-10-13-28-14-11-25)24-20(23-18)16-5-2-1-3-6-16/h1-7,12H,8-11,13-15H2. The summed E-state index contributed by atoms with van der Waals surface area (Å²) in [4.78, 5) is 26.7. The number of hydrogen-bond acceptors (Lipinski definition) is 6. The van der Waals surface area contributed by atoms with E-state index in [1.54, 1.807) is 12.1 Å². The Hall–Kier alpha value is -3.19. The van der Waals surface area contributed by atoms with Crippen molar-refractivity contribution in [3.8, 4) is 11.4 Å². The Bertz CT molecular complexity index is 998. The first-order valence-electron chi connectivity index (χ1n) is 9.90. The molecule has 2 aliphatic heterocycles. The summed E-state index contributed by atoms with van der Waals surface area (Å²) in [5, 5.41) is 0. The second-order valence-corrected chi connectivity index (χ2v) is 7.22. The van der Waals surface area contributed by atoms with Gasteiger partial charge in [0.25, 0.3) is 5.91 Å². The van der Waals surface area contributed by atoms with E-state index in [0.29, 0.717) is 38.5 Å². The molecular weight excluding hydrogens is 368 g/mol. The molecule has 0 N–H and O–H groups in total. The number of morpholine rings is 1. The lowest BCUT2D eigenvalue weighted by molar-refractivity contribution is 0.0700. The predicted octanol–water partition coefficient (Wildman–Crippen LogP) is 2.77. The molecule has 1 amide bonds. The van der Waals surface area contributed by atoms with Gasteiger partial charge in [0.1, 0.15) is 5.82 Å². The molecule has 0 radical (unpaired) electrons. The third kappa shape index (κ3) is 3.49. The van der Waals surface area contributed by atoms with Crippen molar-refractivity contribution in [2.75, 3.05) is 37.7 Å². The van der Waals surface area contributed by atoms with Crippen LogP contribution in [0.3, 0.4) is 0 Å². The van der Waals surface area contributed by atoms with E-state index in [4.69, 9.17) is 19.1 Å². The van der Waals surface area contributed by atoms with Crippen LogP contribution in [0.1, 0.15) is 21.8 Å². The van der Waals surface area contributed by atoms with Gasteiger partial charge in [0.2, 0.25) is 0 Å². The van der Waals surface area contributed by atoms with Crippen LogP contribution in [0.15, 0.2) is 53.1 Å². The van der Waals surface area contributed by atoms with Gasteiger partial charge in [0.15, 0.2) is 11.6 Å². The number of anilines is 1. The zero-order chi connectivity index (χ0) is 19.6. The Morgan fingerprint density at radius 3 is 2.55 bits per heavy atom. The number of aromatic nitrogens is 2. The fourth-order valence-corrected chi connectivity index (χ4v) is 3.88. The van der Waals surface area contributed by atoms with Gasteiger partial charge >= 0.3 is 0 Å². The molecular formula is C22H22N4O3. The molecule has 0 atom stereocenters. The number of carbonyl (C=O) groups is 1. The molecule has 2 aliphatic rings. The minimum atomic E-state index is -0.0966. The van der Waals surface area contributed by atoms with E-state index < -0.39 is 0 Å². The van der Waals surface area contributed by atoms with Crippen LogP contribution in [0.2, 0.25) is 0 Å². The highest BCUT2D eigenvalue weighted by Gasteiger charge is 2.29. The van der Waals surface area contributed by atoms with Crippen molar-refractivity contribution in [3.63, 3.8) is 0 Å². The number of furan rings is 1. The predicted molar refractivity (Wildman–Crippen MR) is 108 cm³/mol. The average molecular weight is 390 g/mol. The van der Waals surface area contributed by atoms with Crippen LogP contribution in [0.25, 0.3) is 11.4 Å². The smallest absolute Gasteiger partial charge is 0.289 e. The summed E-state index contributed by atoms with van der Waals surface area (Å²) in [6, 6.07) is 13.5. The number of benzene rings is 1. The molecule has 7 heteroatoms. The van der Waals surface area contributed by atoms with Crippen molar-refractivity contribution in [2.45, 2.75) is 13.0 Å². The first-order chi connectivity index (χ1) is 14.3. The van der Waals surface area contributed by atoms with Crippen molar-refractivity contribution in [3.05, 3.63) is 65.7 Å². The summed E-state index contributed by atoms with van der Waals surface area (Å²) in [6.45, 7) is 4.01. The van der Waals surface area contributed by atoms with Gasteiger partial charge in [-0.05, 0) is 12.1 Å². The number of ether oxygens (including phenoxy) is 1. The van der Waals surface area contributed by atoms with E-state index in [0.717, 1.165) is 41.6 Å². The van der Waals surface area contributed by atoms with Crippen LogP contribution in [0.5, 0.6) is 0 Å². The molecule has 1 aromatic carbocycles. The second-order valence-electron chi connectivity index (χ2n) is 7.22. The van der Waals surface area contributed by atoms with Crippen LogP contribution in [-0.4, -0.2) is 53.6 Å². The Labute approximate surface area is 168 Å². The van der Waals surface area contributed by atoms with E-state index in [9.17, 15) is 4.79 Å². The van der Waals surface area contributed by atoms with Gasteiger partial charge in [0.05, 0.1) is 31.7 Å². The molecule has 0 aliphatic carbocycles. The number of carbonyl (C=O) groups excluding carboxylic acids is 1. The first kappa shape index (κ1) is 17.9. The summed E-state index contributed by atoms with van der Waals surface area (Å²) in [5.74, 6) is 1.91. The van der Waals surface area contributed by atoms with Gasteiger partial charge < -0.3 is 19.0 Å². The molecule has 0 unspecified atom stereocenters. The van der Waals surface area contributed by atoms with Crippen LogP contribution >= 0.6 is 0 Å². The maximum Gasteiger partial charge on any atom is 0.289 e. The number of hydrogen-bond donors (Lipinski definition) is 0. The lowest BCUT2D eigenvalue weighted by atomic mass is 10.0. The van der Waals surface area contributed by atoms with Gasteiger partial charge in [-0.3, -0.25) is 4.79 Å². The molecule has 2 aromatic heterocycles. The summed E-state index contributed by atoms with van der Waals surface area (Å²) >= 11 is 0. The molecule has 29 heavy (non-hydrogen) atoms. The van der Waals surface area contributed by atoms with Crippen molar-refractivity contribution in [2.24, 2.45) is 0 Å². The molecule has 0 saturated carbocycles. The number of fused-ring (bicyclic) bond motifs is 1. The molecule has 148 valence electrons. The number of rotatable bonds is 3. The Morgan fingerprint density at radius 1 is 0.966 bits per heavy atom. The normalized spacial score (nSPS) is 16.6. The summed E-state index contributed by atoms with van der Waals surface area (Å²) in [6.07, 6.45) is 2.22. The van der Waals surface area contributed by atoms with Crippen molar-refractivity contribution >= 4 is 11.7 Å². The minimum absolute atomic E-state index is 0.0966. The first-order valence-corrected chi connectivity index (χ1v) is 9.90. The van der Waals surface area contributed by atoms with Crippen molar-refractivity contribution in [1.29, 1.82) is 0 Å². The van der Waals surface area contributed by atoms with Gasteiger partial charge in [-0.15, -0.1) is 0 Å². The quantitative estimate of drug-likeness (QED) is 0.685. The van der Waals surface area contributed by atoms with Gasteiger partial charge in [-0.1, -0.05) is 30.3 Å². The molecule has 4 heterocycles. The number of nitrogens with zero attached hydrogens (tertiary/aromatic N) is 4. The Balaban J connectivity index is 1.54. The van der Waals surface area contributed by atoms with E-state index in [-0.39, 0.29) is 5.91 Å². The zero-order valence-electron chi connectivity index (χ0n) is 16.1. The summed E-state index contributed by atoms with van der Waals surface area (Å²) < 4.78 is 10.8. The third-order valence-electron chi connectivity index (χ3n) is 5.40. The summed E-state index contributed by atoms with van der Waals surface area (Å²) in [7, 11) is 0. The van der Waals surface area contributed by atoms with E-state index in [1.165, 1.54) is 6.26 Å². The highest BCUT2D eigenvalue weighted by atomic mass is 16.5. The largest absolute Gasteiger partial charge is 0.459 e. The fourth-order valence-electron chi connectivity index (χ4n) is 3.88. The van der Waals surface area contributed by atoms with Gasteiger partial charge in [-0.25, -0.2) is 9.97 Å². The van der Waals surface area contributed by atoms with Crippen molar-refractivity contribution in [1.82, 2.24) is 14.9 Å². The Kier molecular flexibility index (Phi) is 4.73. The SMILES string of the molecule is O=C(c1ccco1)N1CCc2nc(-c3ccccc3)nc(N3CCOCC3)c2C1. The maximum absolute atomic E-state index is 12.8. The molecule has 5 rings (SSSR count). The van der Waals surface area contributed by atoms with E-state index in [1.807, 2.05) is 35.2 Å². The van der Waals surface area contributed by atoms with E-state index >= 15 is 0 Å². The lowest BCUT2D eigenvalue weighted by Gasteiger charge is -2.34. The van der Waals surface area contributed by atoms with Crippen LogP contribution < -0.4 is 4.90 Å². The molecule has 1 fully saturated rings. The summed E-state index contributed by atoms with van der Waals surface area (Å²) in [5.41, 5.74) is 3.04. The fraction of sp³-hybridized carbons (Fsp3) is 0.318. The van der Waals surface area contributed by atoms with Crippen LogP contribution in [0.4, 0.5) is 5.82 Å². The van der Waals surface area contributed by atoms with Gasteiger partial charge in [-0.2, -0.15) is 0 Å². The molecule has 0 spiro atoms. The molecule has 7 nitrogen and oxygen atoms in total. The Morgan fingerprint density at radius 2 is 1.79 bits per heavy atom. The topological polar surface area (TPSA) is 71.7 Å². The lowest BCUT2D eigenvalue weighted by Crippen LogP contribution is -2.41. The second kappa shape index (κ2) is 7.67. The highest BCUT2D eigenvalue weighted by molar-refractivity contribution is 5.91. The monoisotopic (exact) mass is 390 g/mol. The minimum Gasteiger partial charge on any atom is -0.459 e.